The summed E-state index contributed by atoms with van der Waals surface area (Å²) in [7, 11) is 0. The van der Waals surface area contributed by atoms with E-state index in [9.17, 15) is 4.79 Å². The fourth-order valence-electron chi connectivity index (χ4n) is 1.08. The van der Waals surface area contributed by atoms with Crippen molar-refractivity contribution in [2.45, 2.75) is 20.8 Å². The molecule has 0 saturated carbocycles. The molecule has 0 radical (unpaired) electrons. The van der Waals surface area contributed by atoms with Crippen LogP contribution in [0, 0.1) is 5.41 Å². The molecule has 0 aliphatic heterocycles. The molecule has 1 aromatic heterocycles. The fraction of sp³-hybridized carbons (Fsp3) is 0.455. The third-order valence-electron chi connectivity index (χ3n) is 1.91. The highest BCUT2D eigenvalue weighted by Crippen LogP contribution is 2.24. The standard InChI is InChI=1S/C11H15ClN2O2/c1-11(2,3)6-14-9-8(12)7(10(15)16)4-5-13-9/h4-5H,6H2,1-3H3,(H,13,14)(H,15,16). The third kappa shape index (κ3) is 3.38. The molecule has 1 aromatic rings. The molecule has 0 aliphatic rings. The molecule has 5 heteroatoms. The molecule has 0 aliphatic carbocycles. The van der Waals surface area contributed by atoms with Gasteiger partial charge in [0.1, 0.15) is 5.82 Å². The van der Waals surface area contributed by atoms with Crippen molar-refractivity contribution in [2.24, 2.45) is 5.41 Å². The number of aromatic carboxylic acids is 1. The van der Waals surface area contributed by atoms with Crippen LogP contribution in [0.2, 0.25) is 5.02 Å². The Labute approximate surface area is 99.6 Å². The highest BCUT2D eigenvalue weighted by molar-refractivity contribution is 6.35. The zero-order valence-corrected chi connectivity index (χ0v) is 10.3. The second kappa shape index (κ2) is 4.70. The smallest absolute Gasteiger partial charge is 0.337 e. The maximum atomic E-state index is 10.8. The second-order valence-electron chi connectivity index (χ2n) is 4.74. The van der Waals surface area contributed by atoms with Crippen LogP contribution in [0.3, 0.4) is 0 Å². The van der Waals surface area contributed by atoms with Gasteiger partial charge in [-0.3, -0.25) is 0 Å². The zero-order valence-electron chi connectivity index (χ0n) is 9.54. The first-order valence-electron chi connectivity index (χ1n) is 4.93. The fourth-order valence-corrected chi connectivity index (χ4v) is 1.34. The van der Waals surface area contributed by atoms with Gasteiger partial charge in [-0.1, -0.05) is 32.4 Å². The Morgan fingerprint density at radius 3 is 2.69 bits per heavy atom. The monoisotopic (exact) mass is 242 g/mol. The summed E-state index contributed by atoms with van der Waals surface area (Å²) in [6.07, 6.45) is 1.43. The van der Waals surface area contributed by atoms with Crippen molar-refractivity contribution in [1.82, 2.24) is 4.98 Å². The van der Waals surface area contributed by atoms with Crippen molar-refractivity contribution < 1.29 is 9.90 Å². The Bertz CT molecular complexity index is 399. The minimum atomic E-state index is -1.05. The van der Waals surface area contributed by atoms with Gasteiger partial charge in [0.2, 0.25) is 0 Å². The van der Waals surface area contributed by atoms with Crippen LogP contribution in [0.4, 0.5) is 5.82 Å². The van der Waals surface area contributed by atoms with E-state index in [1.165, 1.54) is 12.3 Å². The Balaban J connectivity index is 2.90. The van der Waals surface area contributed by atoms with Crippen LogP contribution >= 0.6 is 11.6 Å². The summed E-state index contributed by atoms with van der Waals surface area (Å²) in [6, 6.07) is 1.38. The molecule has 0 saturated heterocycles. The molecule has 4 nitrogen and oxygen atoms in total. The minimum Gasteiger partial charge on any atom is -0.478 e. The van der Waals surface area contributed by atoms with Crippen molar-refractivity contribution >= 4 is 23.4 Å². The van der Waals surface area contributed by atoms with E-state index in [0.717, 1.165) is 0 Å². The van der Waals surface area contributed by atoms with Gasteiger partial charge in [-0.15, -0.1) is 0 Å². The average Bonchev–Trinajstić information content (AvgIpc) is 2.14. The number of nitrogens with zero attached hydrogens (tertiary/aromatic N) is 1. The van der Waals surface area contributed by atoms with Crippen molar-refractivity contribution in [3.63, 3.8) is 0 Å². The van der Waals surface area contributed by atoms with E-state index in [0.29, 0.717) is 12.4 Å². The molecule has 88 valence electrons. The quantitative estimate of drug-likeness (QED) is 0.856. The number of hydrogen-bond acceptors (Lipinski definition) is 3. The lowest BCUT2D eigenvalue weighted by molar-refractivity contribution is 0.0697. The number of carboxylic acid groups (broad SMARTS) is 1. The summed E-state index contributed by atoms with van der Waals surface area (Å²) < 4.78 is 0. The van der Waals surface area contributed by atoms with Crippen LogP contribution in [0.5, 0.6) is 0 Å². The van der Waals surface area contributed by atoms with Crippen LogP contribution in [0.15, 0.2) is 12.3 Å². The van der Waals surface area contributed by atoms with Crippen LogP contribution in [0.1, 0.15) is 31.1 Å². The van der Waals surface area contributed by atoms with Gasteiger partial charge in [-0.2, -0.15) is 0 Å². The molecule has 16 heavy (non-hydrogen) atoms. The van der Waals surface area contributed by atoms with Crippen molar-refractivity contribution in [3.8, 4) is 0 Å². The third-order valence-corrected chi connectivity index (χ3v) is 2.29. The Morgan fingerprint density at radius 2 is 2.19 bits per heavy atom. The van der Waals surface area contributed by atoms with Gasteiger partial charge in [-0.25, -0.2) is 9.78 Å². The molecule has 0 fully saturated rings. The Morgan fingerprint density at radius 1 is 1.56 bits per heavy atom. The van der Waals surface area contributed by atoms with Crippen LogP contribution in [0.25, 0.3) is 0 Å². The number of aromatic nitrogens is 1. The van der Waals surface area contributed by atoms with Gasteiger partial charge in [-0.05, 0) is 11.5 Å². The normalized spacial score (nSPS) is 11.2. The number of carbonyl (C=O) groups is 1. The van der Waals surface area contributed by atoms with Gasteiger partial charge in [0.25, 0.3) is 0 Å². The lowest BCUT2D eigenvalue weighted by Crippen LogP contribution is -2.20. The van der Waals surface area contributed by atoms with Gasteiger partial charge in [0.15, 0.2) is 0 Å². The topological polar surface area (TPSA) is 62.2 Å². The number of anilines is 1. The van der Waals surface area contributed by atoms with Crippen LogP contribution in [-0.2, 0) is 0 Å². The van der Waals surface area contributed by atoms with E-state index in [2.05, 4.69) is 31.1 Å². The molecule has 0 bridgehead atoms. The van der Waals surface area contributed by atoms with E-state index >= 15 is 0 Å². The highest BCUT2D eigenvalue weighted by Gasteiger charge is 2.15. The molecule has 0 aromatic carbocycles. The van der Waals surface area contributed by atoms with Gasteiger partial charge in [0.05, 0.1) is 10.6 Å². The van der Waals surface area contributed by atoms with Crippen LogP contribution in [-0.4, -0.2) is 22.6 Å². The molecule has 0 atom stereocenters. The van der Waals surface area contributed by atoms with Gasteiger partial charge in [0, 0.05) is 12.7 Å². The first-order chi connectivity index (χ1) is 7.31. The van der Waals surface area contributed by atoms with Crippen molar-refractivity contribution in [3.05, 3.63) is 22.8 Å². The summed E-state index contributed by atoms with van der Waals surface area (Å²) in [5.74, 6) is -0.636. The van der Waals surface area contributed by atoms with E-state index in [4.69, 9.17) is 16.7 Å². The predicted octanol–water partition coefficient (Wildman–Crippen LogP) is 2.89. The summed E-state index contributed by atoms with van der Waals surface area (Å²) in [5.41, 5.74) is 0.137. The SMILES string of the molecule is CC(C)(C)CNc1nccc(C(=O)O)c1Cl. The summed E-state index contributed by atoms with van der Waals surface area (Å²) in [5, 5.41) is 12.1. The largest absolute Gasteiger partial charge is 0.478 e. The Hall–Kier alpha value is -1.29. The summed E-state index contributed by atoms with van der Waals surface area (Å²) in [4.78, 5) is 14.9. The van der Waals surface area contributed by atoms with E-state index in [1.807, 2.05) is 0 Å². The molecule has 0 amide bonds. The number of carboxylic acids is 1. The maximum absolute atomic E-state index is 10.8. The average molecular weight is 243 g/mol. The number of halogens is 1. The van der Waals surface area contributed by atoms with E-state index in [1.54, 1.807) is 0 Å². The lowest BCUT2D eigenvalue weighted by atomic mass is 9.97. The molecular weight excluding hydrogens is 228 g/mol. The van der Waals surface area contributed by atoms with Crippen molar-refractivity contribution in [2.75, 3.05) is 11.9 Å². The predicted molar refractivity (Wildman–Crippen MR) is 64.2 cm³/mol. The maximum Gasteiger partial charge on any atom is 0.337 e. The van der Waals surface area contributed by atoms with Crippen LogP contribution < -0.4 is 5.32 Å². The molecular formula is C11H15ClN2O2. The molecule has 1 heterocycles. The number of rotatable bonds is 3. The molecule has 1 rings (SSSR count). The lowest BCUT2D eigenvalue weighted by Gasteiger charge is -2.19. The Kier molecular flexibility index (Phi) is 3.75. The summed E-state index contributed by atoms with van der Waals surface area (Å²) in [6.45, 7) is 6.86. The number of nitrogens with one attached hydrogen (secondary N) is 1. The van der Waals surface area contributed by atoms with Crippen molar-refractivity contribution in [1.29, 1.82) is 0 Å². The first kappa shape index (κ1) is 12.8. The van der Waals surface area contributed by atoms with E-state index < -0.39 is 5.97 Å². The summed E-state index contributed by atoms with van der Waals surface area (Å²) >= 11 is 5.93. The number of hydrogen-bond donors (Lipinski definition) is 2. The second-order valence-corrected chi connectivity index (χ2v) is 5.12. The molecule has 2 N–H and O–H groups in total. The van der Waals surface area contributed by atoms with Gasteiger partial charge < -0.3 is 10.4 Å². The minimum absolute atomic E-state index is 0.0630. The zero-order chi connectivity index (χ0) is 12.3. The molecule has 0 spiro atoms. The van der Waals surface area contributed by atoms with E-state index in [-0.39, 0.29) is 16.0 Å². The highest BCUT2D eigenvalue weighted by atomic mass is 35.5. The first-order valence-corrected chi connectivity index (χ1v) is 5.31. The van der Waals surface area contributed by atoms with Gasteiger partial charge >= 0.3 is 5.97 Å². The molecule has 0 unspecified atom stereocenters. The number of pyridine rings is 1.